The molecule has 0 amide bonds. The summed E-state index contributed by atoms with van der Waals surface area (Å²) >= 11 is 0. The van der Waals surface area contributed by atoms with Gasteiger partial charge in [-0.25, -0.2) is 8.42 Å². The van der Waals surface area contributed by atoms with E-state index in [2.05, 4.69) is 110 Å². The zero-order chi connectivity index (χ0) is 82.8. The number of ether oxygens (including phenoxy) is 8. The molecule has 0 radical (unpaired) electrons. The third-order valence-electron chi connectivity index (χ3n) is 23.7. The molecule has 3 heterocycles. The summed E-state index contributed by atoms with van der Waals surface area (Å²) in [5, 5.41) is 4.74. The number of fused-ring (bicyclic) bond motifs is 10. The van der Waals surface area contributed by atoms with Crippen molar-refractivity contribution in [3.05, 3.63) is 139 Å². The van der Waals surface area contributed by atoms with Crippen LogP contribution in [0, 0.1) is 75.4 Å². The highest BCUT2D eigenvalue weighted by Crippen LogP contribution is 2.71. The van der Waals surface area contributed by atoms with Gasteiger partial charge in [-0.1, -0.05) is 96.1 Å². The van der Waals surface area contributed by atoms with E-state index < -0.39 is 61.3 Å². The van der Waals surface area contributed by atoms with Crippen molar-refractivity contribution in [3.8, 4) is 23.0 Å². The number of alkyl halides is 2. The Kier molecular flexibility index (Phi) is 30.1. The molecule has 12 rings (SSSR count). The Balaban J connectivity index is 0.000000186. The molecule has 111 heavy (non-hydrogen) atoms. The van der Waals surface area contributed by atoms with E-state index in [-0.39, 0.29) is 81.2 Å². The molecule has 5 aromatic carbocycles. The number of hydrogen-bond acceptors (Lipinski definition) is 18. The molecule has 7 aliphatic rings. The molecule has 3 saturated heterocycles. The normalized spacial score (nSPS) is 24.2. The van der Waals surface area contributed by atoms with Crippen LogP contribution in [0.1, 0.15) is 221 Å². The van der Waals surface area contributed by atoms with Gasteiger partial charge in [0, 0.05) is 12.0 Å². The number of esters is 6. The van der Waals surface area contributed by atoms with E-state index in [0.717, 1.165) is 66.6 Å². The van der Waals surface area contributed by atoms with E-state index in [9.17, 15) is 55.6 Å². The van der Waals surface area contributed by atoms with Crippen molar-refractivity contribution in [2.24, 2.45) is 68.5 Å². The first kappa shape index (κ1) is 90.8. The highest BCUT2D eigenvalue weighted by molar-refractivity contribution is 7.97. The molecule has 5 aromatic rings. The van der Waals surface area contributed by atoms with Gasteiger partial charge in [0.25, 0.3) is 0 Å². The number of aryl methyl sites for hydroxylation is 1. The Bertz CT molecular complexity index is 3950. The van der Waals surface area contributed by atoms with Crippen LogP contribution in [-0.4, -0.2) is 101 Å². The smallest absolute Gasteiger partial charge is 0.369 e. The number of phenols is 1. The molecule has 4 aliphatic carbocycles. The molecule has 22 heteroatoms. The van der Waals surface area contributed by atoms with Crippen LogP contribution in [0.3, 0.4) is 0 Å². The maximum absolute atomic E-state index is 13.0. The zero-order valence-corrected chi connectivity index (χ0v) is 70.7. The Morgan fingerprint density at radius 3 is 1.46 bits per heavy atom. The Morgan fingerprint density at radius 1 is 0.568 bits per heavy atom. The molecule has 18 nitrogen and oxygen atoms in total. The molecule has 13 unspecified atom stereocenters. The molecular weight excluding hydrogens is 1460 g/mol. The van der Waals surface area contributed by atoms with E-state index in [4.69, 9.17) is 33.2 Å². The summed E-state index contributed by atoms with van der Waals surface area (Å²) in [6, 6.07) is 44.1. The van der Waals surface area contributed by atoms with Crippen molar-refractivity contribution >= 4 is 56.8 Å². The molecule has 612 valence electrons. The van der Waals surface area contributed by atoms with Gasteiger partial charge in [-0.05, 0) is 289 Å². The van der Waals surface area contributed by atoms with Crippen molar-refractivity contribution in [2.75, 3.05) is 0 Å². The van der Waals surface area contributed by atoms with Gasteiger partial charge in [0.05, 0.1) is 50.0 Å². The largest absolute Gasteiger partial charge is 0.743 e. The number of phenolic OH excluding ortho intramolecular Hbond substituents is 1. The number of carbonyl (C=O) groups excluding carboxylic acids is 6. The predicted octanol–water partition coefficient (Wildman–Crippen LogP) is 19.4. The first-order valence-corrected chi connectivity index (χ1v) is 42.1. The van der Waals surface area contributed by atoms with Gasteiger partial charge in [0.1, 0.15) is 40.3 Å². The van der Waals surface area contributed by atoms with Gasteiger partial charge in [-0.2, -0.15) is 8.78 Å². The van der Waals surface area contributed by atoms with E-state index in [1.54, 1.807) is 31.2 Å². The zero-order valence-electron chi connectivity index (χ0n) is 69.1. The molecule has 3 aliphatic heterocycles. The molecule has 7 fully saturated rings. The second-order valence-corrected chi connectivity index (χ2v) is 38.3. The van der Waals surface area contributed by atoms with Crippen molar-refractivity contribution in [1.82, 2.24) is 0 Å². The summed E-state index contributed by atoms with van der Waals surface area (Å²) < 4.78 is 100. The maximum Gasteiger partial charge on any atom is 0.369 e. The molecule has 6 bridgehead atoms. The van der Waals surface area contributed by atoms with Gasteiger partial charge in [0.2, 0.25) is 0 Å². The standard InChI is InChI=1S/C20H32O2.C18H15S.C16H24O3.C13H18O5.C13H18O3.C9H16F2O5S/c1-5-19(3,4)18(21)22-20(6-2)11-14-10-15(20)17-13-8-7-12(9-13)16(14)17;1-4-10-16(11-5-1)19(17-12-6-2-7-13-17)18-14-8-3-9-15-18;1-7-16(5,6)14(17)18-12-8-10-13(11-9-12)19-15(2,3)4;1-4-13(2,3)12(15)18-9-7-5-6-8(16-7)10(9)17-11(6)14;1-5-13(3,4)12(15)16-11-7-9(2)6-10(14)8-11;1-5-8(3,4)7(12)16-6(2)9(10,11)17(13,14)15/h12-17H,5-11H2,1-4H3;1-15H;8-11H,7H2,1-6H3;6-10H,4-5H2,1-3H3;6-8,14H,5H2,1-4H3;6H,5H2,1-4H3,(H,13,14,15)/q;+1;;;;/p-1. The SMILES string of the molecule is CCC(C)(C)C(=O)OC(C)C(F)(F)S(=O)(=O)[O-].CCC(C)(C)C(=O)OC1(CC)CC2CC1C1C3CCC(C3)C21.CCC(C)(C)C(=O)OC1C2CC3C(=O)OC1C3O2.CCC(C)(C)C(=O)Oc1cc(C)cc(O)c1.CCC(C)(C)C(=O)Oc1ccc(OC(C)(C)C)cc1.c1ccc([S+](c2ccccc2)c2ccccc2)cc1. The number of halogens is 2. The summed E-state index contributed by atoms with van der Waals surface area (Å²) in [5.74, 6) is 5.16. The van der Waals surface area contributed by atoms with E-state index in [0.29, 0.717) is 50.0 Å². The first-order chi connectivity index (χ1) is 51.6. The number of benzene rings is 5. The Morgan fingerprint density at radius 2 is 1.01 bits per heavy atom. The van der Waals surface area contributed by atoms with Crippen LogP contribution in [0.15, 0.2) is 148 Å². The summed E-state index contributed by atoms with van der Waals surface area (Å²) in [5.41, 5.74) is -2.32. The molecule has 4 saturated carbocycles. The van der Waals surface area contributed by atoms with Gasteiger partial charge < -0.3 is 47.6 Å². The van der Waals surface area contributed by atoms with Gasteiger partial charge in [0.15, 0.2) is 43.1 Å². The lowest BCUT2D eigenvalue weighted by Crippen LogP contribution is -2.49. The highest BCUT2D eigenvalue weighted by Gasteiger charge is 2.68. The third-order valence-corrected chi connectivity index (χ3v) is 27.0. The maximum atomic E-state index is 13.0. The van der Waals surface area contributed by atoms with E-state index >= 15 is 0 Å². The molecular formula is C89H122F2O18S2. The van der Waals surface area contributed by atoms with Crippen LogP contribution in [0.5, 0.6) is 23.0 Å². The molecule has 1 N–H and O–H groups in total. The van der Waals surface area contributed by atoms with Gasteiger partial charge >= 0.3 is 41.1 Å². The van der Waals surface area contributed by atoms with Crippen LogP contribution < -0.4 is 14.2 Å². The topological polar surface area (TPSA) is 254 Å². The summed E-state index contributed by atoms with van der Waals surface area (Å²) in [4.78, 5) is 75.5. The Labute approximate surface area is 661 Å². The van der Waals surface area contributed by atoms with Gasteiger partial charge in [-0.3, -0.25) is 28.8 Å². The van der Waals surface area contributed by atoms with Crippen molar-refractivity contribution in [1.29, 1.82) is 0 Å². The van der Waals surface area contributed by atoms with Crippen LogP contribution in [0.25, 0.3) is 0 Å². The average molecular weight is 1580 g/mol. The van der Waals surface area contributed by atoms with Crippen LogP contribution in [-0.2, 0) is 73.5 Å². The second kappa shape index (κ2) is 36.8. The van der Waals surface area contributed by atoms with Crippen LogP contribution in [0.2, 0.25) is 0 Å². The number of rotatable bonds is 22. The first-order valence-electron chi connectivity index (χ1n) is 39.4. The fraction of sp³-hybridized carbons (Fsp3) is 0.596. The quantitative estimate of drug-likeness (QED) is 0.0169. The lowest BCUT2D eigenvalue weighted by Gasteiger charge is -2.46. The molecule has 13 atom stereocenters. The summed E-state index contributed by atoms with van der Waals surface area (Å²) in [7, 11) is -5.87. The van der Waals surface area contributed by atoms with Crippen molar-refractivity contribution in [2.45, 2.75) is 284 Å². The minimum Gasteiger partial charge on any atom is -0.743 e. The van der Waals surface area contributed by atoms with Crippen LogP contribution >= 0.6 is 0 Å². The fourth-order valence-corrected chi connectivity index (χ4v) is 17.4. The van der Waals surface area contributed by atoms with Crippen molar-refractivity contribution < 1.29 is 93.5 Å². The monoisotopic (exact) mass is 1580 g/mol. The summed E-state index contributed by atoms with van der Waals surface area (Å²) in [6.45, 7) is 38.5. The third kappa shape index (κ3) is 22.3. The fourth-order valence-electron chi connectivity index (χ4n) is 14.9. The Hall–Kier alpha value is -7.40. The number of carbonyl (C=O) groups is 6. The lowest BCUT2D eigenvalue weighted by molar-refractivity contribution is -0.183. The molecule has 0 aromatic heterocycles. The van der Waals surface area contributed by atoms with Crippen LogP contribution in [0.4, 0.5) is 8.78 Å². The van der Waals surface area contributed by atoms with E-state index in [1.165, 1.54) is 60.3 Å². The molecule has 0 spiro atoms. The minimum absolute atomic E-state index is 0.0146. The summed E-state index contributed by atoms with van der Waals surface area (Å²) in [6.07, 6.45) is 8.39. The highest BCUT2D eigenvalue weighted by atomic mass is 32.2. The average Bonchev–Trinajstić information content (AvgIpc) is 1.54. The minimum atomic E-state index is -5.86. The second-order valence-electron chi connectivity index (χ2n) is 34.8. The lowest BCUT2D eigenvalue weighted by atomic mass is 9.65. The predicted molar refractivity (Wildman–Crippen MR) is 423 cm³/mol. The van der Waals surface area contributed by atoms with E-state index in [1.807, 2.05) is 116 Å². The number of aromatic hydroxyl groups is 1. The number of hydrogen-bond donors (Lipinski definition) is 1. The van der Waals surface area contributed by atoms with Crippen molar-refractivity contribution in [3.63, 3.8) is 0 Å². The van der Waals surface area contributed by atoms with Gasteiger partial charge in [-0.15, -0.1) is 0 Å².